The lowest BCUT2D eigenvalue weighted by Gasteiger charge is -2.08. The van der Waals surface area contributed by atoms with Gasteiger partial charge in [0.05, 0.1) is 5.69 Å². The summed E-state index contributed by atoms with van der Waals surface area (Å²) in [7, 11) is 0. The van der Waals surface area contributed by atoms with E-state index in [0.29, 0.717) is 0 Å². The van der Waals surface area contributed by atoms with Gasteiger partial charge in [-0.15, -0.1) is 0 Å². The molecule has 100 valence electrons. The molecule has 1 amide bonds. The van der Waals surface area contributed by atoms with Crippen molar-refractivity contribution in [2.75, 3.05) is 0 Å². The number of primary amides is 1. The van der Waals surface area contributed by atoms with Crippen molar-refractivity contribution in [3.63, 3.8) is 0 Å². The summed E-state index contributed by atoms with van der Waals surface area (Å²) in [6, 6.07) is 11.8. The van der Waals surface area contributed by atoms with Crippen LogP contribution in [-0.2, 0) is 4.79 Å². The minimum atomic E-state index is -0.519. The molecule has 0 radical (unpaired) electrons. The molecule has 20 heavy (non-hydrogen) atoms. The maximum Gasteiger partial charge on any atom is 0.248 e. The number of aromatic nitrogens is 1. The Morgan fingerprint density at radius 1 is 1.25 bits per heavy atom. The number of carbonyl (C=O) groups is 1. The average molecular weight is 264 g/mol. The third-order valence-corrected chi connectivity index (χ3v) is 3.03. The van der Waals surface area contributed by atoms with Gasteiger partial charge in [-0.3, -0.25) is 9.78 Å². The van der Waals surface area contributed by atoms with Crippen molar-refractivity contribution in [2.45, 2.75) is 6.92 Å². The molecule has 0 aliphatic rings. The van der Waals surface area contributed by atoms with Crippen molar-refractivity contribution in [1.29, 1.82) is 0 Å². The number of hydrogen-bond acceptors (Lipinski definition) is 2. The Morgan fingerprint density at radius 2 is 2.05 bits per heavy atom. The average Bonchev–Trinajstić information content (AvgIpc) is 2.46. The quantitative estimate of drug-likeness (QED) is 0.681. The highest BCUT2D eigenvalue weighted by atomic mass is 16.1. The fraction of sp³-hybridized carbons (Fsp3) is 0.0588. The van der Waals surface area contributed by atoms with Gasteiger partial charge in [-0.1, -0.05) is 36.9 Å². The first kappa shape index (κ1) is 13.7. The maximum absolute atomic E-state index is 11.0. The van der Waals surface area contributed by atoms with E-state index in [-0.39, 0.29) is 5.57 Å². The molecule has 3 nitrogen and oxygen atoms in total. The van der Waals surface area contributed by atoms with E-state index in [1.807, 2.05) is 49.4 Å². The van der Waals surface area contributed by atoms with E-state index in [1.165, 1.54) is 0 Å². The molecule has 0 bridgehead atoms. The molecular formula is C17H16N2O. The molecule has 1 aromatic heterocycles. The second kappa shape index (κ2) is 5.97. The van der Waals surface area contributed by atoms with Crippen molar-refractivity contribution in [1.82, 2.24) is 4.98 Å². The number of amides is 1. The molecule has 0 spiro atoms. The molecule has 2 N–H and O–H groups in total. The molecule has 0 atom stereocenters. The Hall–Kier alpha value is -2.68. The monoisotopic (exact) mass is 264 g/mol. The third kappa shape index (κ3) is 3.01. The van der Waals surface area contributed by atoms with Crippen LogP contribution in [0.2, 0.25) is 0 Å². The summed E-state index contributed by atoms with van der Waals surface area (Å²) in [4.78, 5) is 15.4. The van der Waals surface area contributed by atoms with Gasteiger partial charge in [-0.25, -0.2) is 0 Å². The topological polar surface area (TPSA) is 56.0 Å². The van der Waals surface area contributed by atoms with E-state index in [9.17, 15) is 4.79 Å². The zero-order chi connectivity index (χ0) is 14.5. The number of pyridine rings is 1. The number of carbonyl (C=O) groups excluding carboxylic acids is 1. The Bertz CT molecular complexity index is 673. The minimum absolute atomic E-state index is 0.278. The van der Waals surface area contributed by atoms with Crippen molar-refractivity contribution in [3.05, 3.63) is 72.0 Å². The fourth-order valence-electron chi connectivity index (χ4n) is 1.91. The molecule has 0 aliphatic carbocycles. The van der Waals surface area contributed by atoms with Gasteiger partial charge in [0.15, 0.2) is 0 Å². The van der Waals surface area contributed by atoms with Gasteiger partial charge >= 0.3 is 0 Å². The number of benzene rings is 1. The van der Waals surface area contributed by atoms with E-state index < -0.39 is 5.91 Å². The molecule has 2 aromatic rings. The van der Waals surface area contributed by atoms with E-state index in [2.05, 4.69) is 11.6 Å². The van der Waals surface area contributed by atoms with Gasteiger partial charge < -0.3 is 5.73 Å². The van der Waals surface area contributed by atoms with Crippen molar-refractivity contribution in [3.8, 4) is 11.3 Å². The highest BCUT2D eigenvalue weighted by Gasteiger charge is 2.06. The van der Waals surface area contributed by atoms with Crippen LogP contribution in [0.1, 0.15) is 11.1 Å². The summed E-state index contributed by atoms with van der Waals surface area (Å²) in [5.41, 5.74) is 9.47. The highest BCUT2D eigenvalue weighted by Crippen LogP contribution is 2.25. The lowest BCUT2D eigenvalue weighted by atomic mass is 9.98. The molecule has 1 aromatic carbocycles. The third-order valence-electron chi connectivity index (χ3n) is 3.03. The van der Waals surface area contributed by atoms with Crippen LogP contribution >= 0.6 is 0 Å². The van der Waals surface area contributed by atoms with Crippen molar-refractivity contribution >= 4 is 12.0 Å². The maximum atomic E-state index is 11.0. The summed E-state index contributed by atoms with van der Waals surface area (Å²) >= 11 is 0. The van der Waals surface area contributed by atoms with Gasteiger partial charge in [0.25, 0.3) is 0 Å². The van der Waals surface area contributed by atoms with E-state index >= 15 is 0 Å². The first-order valence-corrected chi connectivity index (χ1v) is 6.27. The van der Waals surface area contributed by atoms with Gasteiger partial charge in [0.1, 0.15) is 0 Å². The van der Waals surface area contributed by atoms with Gasteiger partial charge in [0.2, 0.25) is 5.91 Å². The number of aryl methyl sites for hydroxylation is 1. The van der Waals surface area contributed by atoms with Crippen LogP contribution in [0.5, 0.6) is 0 Å². The van der Waals surface area contributed by atoms with E-state index in [4.69, 9.17) is 5.73 Å². The molecule has 0 unspecified atom stereocenters. The first-order chi connectivity index (χ1) is 9.59. The van der Waals surface area contributed by atoms with Crippen molar-refractivity contribution < 1.29 is 4.79 Å². The summed E-state index contributed by atoms with van der Waals surface area (Å²) in [6.07, 6.45) is 5.25. The van der Waals surface area contributed by atoms with Crippen molar-refractivity contribution in [2.24, 2.45) is 5.73 Å². The van der Waals surface area contributed by atoms with Gasteiger partial charge in [0, 0.05) is 17.3 Å². The number of nitrogens with zero attached hydrogens (tertiary/aromatic N) is 1. The molecule has 0 fully saturated rings. The summed E-state index contributed by atoms with van der Waals surface area (Å²) in [5, 5.41) is 0. The Morgan fingerprint density at radius 3 is 2.70 bits per heavy atom. The molecule has 0 saturated carbocycles. The molecule has 3 heteroatoms. The van der Waals surface area contributed by atoms with Crippen LogP contribution in [0, 0.1) is 6.92 Å². The molecule has 0 aliphatic heterocycles. The number of hydrogen-bond donors (Lipinski definition) is 1. The first-order valence-electron chi connectivity index (χ1n) is 6.27. The van der Waals surface area contributed by atoms with Crippen LogP contribution < -0.4 is 5.73 Å². The van der Waals surface area contributed by atoms with Crippen LogP contribution in [-0.4, -0.2) is 10.9 Å². The predicted octanol–water partition coefficient (Wildman–Crippen LogP) is 3.11. The highest BCUT2D eigenvalue weighted by molar-refractivity contribution is 5.95. The smallest absolute Gasteiger partial charge is 0.248 e. The lowest BCUT2D eigenvalue weighted by molar-refractivity contribution is -0.114. The summed E-state index contributed by atoms with van der Waals surface area (Å²) in [6.45, 7) is 5.64. The van der Waals surface area contributed by atoms with Crippen LogP contribution in [0.15, 0.2) is 60.8 Å². The fourth-order valence-corrected chi connectivity index (χ4v) is 1.91. The Labute approximate surface area is 118 Å². The zero-order valence-electron chi connectivity index (χ0n) is 11.3. The lowest BCUT2D eigenvalue weighted by Crippen LogP contribution is -2.11. The normalized spacial score (nSPS) is 10.7. The van der Waals surface area contributed by atoms with Crippen LogP contribution in [0.3, 0.4) is 0 Å². The SMILES string of the molecule is C=C(/C=C\c1c(C)cccc1-c1ccccn1)C(N)=O. The second-order valence-electron chi connectivity index (χ2n) is 4.47. The number of nitrogens with two attached hydrogens (primary N) is 1. The molecule has 0 saturated heterocycles. The van der Waals surface area contributed by atoms with E-state index in [0.717, 1.165) is 22.4 Å². The minimum Gasteiger partial charge on any atom is -0.366 e. The van der Waals surface area contributed by atoms with Crippen LogP contribution in [0.4, 0.5) is 0 Å². The van der Waals surface area contributed by atoms with Gasteiger partial charge in [-0.05, 0) is 36.3 Å². The Balaban J connectivity index is 2.48. The molecule has 2 rings (SSSR count). The predicted molar refractivity (Wildman–Crippen MR) is 81.8 cm³/mol. The summed E-state index contributed by atoms with van der Waals surface area (Å²) in [5.74, 6) is -0.519. The number of rotatable bonds is 4. The Kier molecular flexibility index (Phi) is 4.11. The van der Waals surface area contributed by atoms with Crippen LogP contribution in [0.25, 0.3) is 17.3 Å². The standard InChI is InChI=1S/C17H16N2O/c1-12-6-5-7-15(16-8-3-4-11-19-16)14(12)10-9-13(2)17(18)20/h3-11H,2H2,1H3,(H2,18,20)/b10-9-. The largest absolute Gasteiger partial charge is 0.366 e. The zero-order valence-corrected chi connectivity index (χ0v) is 11.3. The molecule has 1 heterocycles. The second-order valence-corrected chi connectivity index (χ2v) is 4.47. The van der Waals surface area contributed by atoms with E-state index in [1.54, 1.807) is 12.3 Å². The summed E-state index contributed by atoms with van der Waals surface area (Å²) < 4.78 is 0. The molecular weight excluding hydrogens is 248 g/mol. The van der Waals surface area contributed by atoms with Gasteiger partial charge in [-0.2, -0.15) is 0 Å².